The molecule has 1 amide bonds. The highest BCUT2D eigenvalue weighted by molar-refractivity contribution is 7.22. The van der Waals surface area contributed by atoms with Crippen LogP contribution in [-0.4, -0.2) is 25.9 Å². The minimum Gasteiger partial charge on any atom is -0.296 e. The second kappa shape index (κ2) is 6.40. The third-order valence-electron chi connectivity index (χ3n) is 3.53. The lowest BCUT2D eigenvalue weighted by molar-refractivity contribution is 0.102. The molecule has 6 nitrogen and oxygen atoms in total. The summed E-state index contributed by atoms with van der Waals surface area (Å²) in [5.74, 6) is -0.739. The number of nitrogens with one attached hydrogen (secondary N) is 1. The molecule has 0 aliphatic carbocycles. The topological polar surface area (TPSA) is 72.7 Å². The van der Waals surface area contributed by atoms with Gasteiger partial charge >= 0.3 is 0 Å². The molecule has 0 saturated heterocycles. The molecule has 2 aromatic carbocycles. The zero-order valence-electron chi connectivity index (χ0n) is 12.9. The average molecular weight is 353 g/mol. The number of fused-ring (bicyclic) bond motifs is 1. The summed E-state index contributed by atoms with van der Waals surface area (Å²) < 4.78 is 15.5. The number of benzene rings is 2. The molecular weight excluding hydrogens is 341 g/mol. The molecule has 4 rings (SSSR count). The number of hydrogen-bond acceptors (Lipinski definition) is 5. The quantitative estimate of drug-likeness (QED) is 0.611. The van der Waals surface area contributed by atoms with Crippen LogP contribution in [0.25, 0.3) is 10.2 Å². The van der Waals surface area contributed by atoms with Gasteiger partial charge in [0.05, 0.1) is 23.0 Å². The van der Waals surface area contributed by atoms with Crippen LogP contribution in [0.5, 0.6) is 0 Å². The van der Waals surface area contributed by atoms with Crippen molar-refractivity contribution in [2.24, 2.45) is 0 Å². The van der Waals surface area contributed by atoms with Gasteiger partial charge in [0, 0.05) is 0 Å². The number of thiazole rings is 1. The molecule has 0 unspecified atom stereocenters. The van der Waals surface area contributed by atoms with Crippen LogP contribution in [0.4, 0.5) is 9.52 Å². The molecule has 2 aromatic heterocycles. The van der Waals surface area contributed by atoms with Crippen LogP contribution >= 0.6 is 11.3 Å². The molecule has 124 valence electrons. The zero-order valence-corrected chi connectivity index (χ0v) is 13.7. The molecule has 0 radical (unpaired) electrons. The van der Waals surface area contributed by atoms with E-state index < -0.39 is 5.91 Å². The number of aromatic nitrogens is 4. The lowest BCUT2D eigenvalue weighted by atomic mass is 10.2. The highest BCUT2D eigenvalue weighted by atomic mass is 32.1. The first-order chi connectivity index (χ1) is 12.2. The normalized spacial score (nSPS) is 10.9. The number of halogens is 1. The van der Waals surface area contributed by atoms with E-state index in [4.69, 9.17) is 0 Å². The van der Waals surface area contributed by atoms with Gasteiger partial charge < -0.3 is 0 Å². The van der Waals surface area contributed by atoms with Crippen LogP contribution in [0.2, 0.25) is 0 Å². The highest BCUT2D eigenvalue weighted by Crippen LogP contribution is 2.26. The molecule has 0 aliphatic rings. The van der Waals surface area contributed by atoms with E-state index in [2.05, 4.69) is 20.6 Å². The Bertz CT molecular complexity index is 1040. The maximum Gasteiger partial charge on any atom is 0.279 e. The number of amides is 1. The van der Waals surface area contributed by atoms with E-state index in [1.807, 2.05) is 30.3 Å². The summed E-state index contributed by atoms with van der Waals surface area (Å²) in [6.45, 7) is 0.529. The predicted octanol–water partition coefficient (Wildman–Crippen LogP) is 3.33. The van der Waals surface area contributed by atoms with Gasteiger partial charge in [-0.25, -0.2) is 14.1 Å². The predicted molar refractivity (Wildman–Crippen MR) is 93.1 cm³/mol. The summed E-state index contributed by atoms with van der Waals surface area (Å²) in [4.78, 5) is 16.5. The van der Waals surface area contributed by atoms with Crippen molar-refractivity contribution in [3.05, 3.63) is 71.8 Å². The molecule has 2 heterocycles. The second-order valence-electron chi connectivity index (χ2n) is 5.37. The summed E-state index contributed by atoms with van der Waals surface area (Å²) in [5, 5.41) is 10.9. The number of hydrogen-bond donors (Lipinski definition) is 1. The standard InChI is InChI=1S/C17H12FN5OS/c18-12-6-7-13-15(8-12)25-17(19-13)20-16(24)14-10-23(22-21-14)9-11-4-2-1-3-5-11/h1-8,10H,9H2,(H,19,20,24). The van der Waals surface area contributed by atoms with Crippen molar-refractivity contribution in [2.75, 3.05) is 5.32 Å². The molecule has 0 fully saturated rings. The van der Waals surface area contributed by atoms with Crippen molar-refractivity contribution >= 4 is 32.6 Å². The van der Waals surface area contributed by atoms with Crippen molar-refractivity contribution in [3.63, 3.8) is 0 Å². The van der Waals surface area contributed by atoms with Gasteiger partial charge in [0.15, 0.2) is 10.8 Å². The fourth-order valence-corrected chi connectivity index (χ4v) is 3.25. The molecule has 0 atom stereocenters. The largest absolute Gasteiger partial charge is 0.296 e. The smallest absolute Gasteiger partial charge is 0.279 e. The van der Waals surface area contributed by atoms with Crippen molar-refractivity contribution in [1.82, 2.24) is 20.0 Å². The SMILES string of the molecule is O=C(Nc1nc2ccc(F)cc2s1)c1cn(Cc2ccccc2)nn1. The van der Waals surface area contributed by atoms with E-state index in [0.29, 0.717) is 21.9 Å². The van der Waals surface area contributed by atoms with E-state index >= 15 is 0 Å². The summed E-state index contributed by atoms with van der Waals surface area (Å²) in [7, 11) is 0. The number of anilines is 1. The summed E-state index contributed by atoms with van der Waals surface area (Å²) in [6.07, 6.45) is 1.58. The van der Waals surface area contributed by atoms with Gasteiger partial charge in [0.2, 0.25) is 0 Å². The summed E-state index contributed by atoms with van der Waals surface area (Å²) >= 11 is 1.21. The van der Waals surface area contributed by atoms with Crippen LogP contribution in [0, 0.1) is 5.82 Å². The first-order valence-corrected chi connectivity index (χ1v) is 8.30. The fourth-order valence-electron chi connectivity index (χ4n) is 2.36. The third-order valence-corrected chi connectivity index (χ3v) is 4.46. The van der Waals surface area contributed by atoms with E-state index in [0.717, 1.165) is 5.56 Å². The maximum absolute atomic E-state index is 13.2. The van der Waals surface area contributed by atoms with Crippen LogP contribution in [0.1, 0.15) is 16.1 Å². The molecule has 8 heteroatoms. The van der Waals surface area contributed by atoms with E-state index in [1.165, 1.54) is 23.5 Å². The van der Waals surface area contributed by atoms with Crippen LogP contribution < -0.4 is 5.32 Å². The van der Waals surface area contributed by atoms with Crippen molar-refractivity contribution in [3.8, 4) is 0 Å². The Labute approximate surface area is 145 Å². The molecule has 25 heavy (non-hydrogen) atoms. The number of rotatable bonds is 4. The summed E-state index contributed by atoms with van der Waals surface area (Å²) in [6, 6.07) is 14.1. The lowest BCUT2D eigenvalue weighted by Crippen LogP contribution is -2.12. The van der Waals surface area contributed by atoms with Crippen LogP contribution in [0.3, 0.4) is 0 Å². The number of carbonyl (C=O) groups is 1. The van der Waals surface area contributed by atoms with E-state index in [1.54, 1.807) is 16.9 Å². The molecule has 4 aromatic rings. The first kappa shape index (κ1) is 15.4. The van der Waals surface area contributed by atoms with Crippen molar-refractivity contribution in [1.29, 1.82) is 0 Å². The molecule has 0 aliphatic heterocycles. The van der Waals surface area contributed by atoms with Gasteiger partial charge in [0.1, 0.15) is 5.82 Å². The average Bonchev–Trinajstić information content (AvgIpc) is 3.22. The fraction of sp³-hybridized carbons (Fsp3) is 0.0588. The lowest BCUT2D eigenvalue weighted by Gasteiger charge is -1.99. The Morgan fingerprint density at radius 2 is 2.04 bits per heavy atom. The first-order valence-electron chi connectivity index (χ1n) is 7.49. The van der Waals surface area contributed by atoms with Gasteiger partial charge in [-0.1, -0.05) is 46.9 Å². The van der Waals surface area contributed by atoms with Crippen LogP contribution in [0.15, 0.2) is 54.7 Å². The third kappa shape index (κ3) is 3.38. The van der Waals surface area contributed by atoms with Gasteiger partial charge in [-0.05, 0) is 23.8 Å². The highest BCUT2D eigenvalue weighted by Gasteiger charge is 2.14. The van der Waals surface area contributed by atoms with Crippen LogP contribution in [-0.2, 0) is 6.54 Å². The van der Waals surface area contributed by atoms with E-state index in [9.17, 15) is 9.18 Å². The van der Waals surface area contributed by atoms with Crippen molar-refractivity contribution < 1.29 is 9.18 Å². The Morgan fingerprint density at radius 3 is 2.88 bits per heavy atom. The van der Waals surface area contributed by atoms with Gasteiger partial charge in [-0.15, -0.1) is 5.10 Å². The monoisotopic (exact) mass is 353 g/mol. The van der Waals surface area contributed by atoms with Gasteiger partial charge in [-0.2, -0.15) is 0 Å². The molecule has 0 saturated carbocycles. The Hall–Kier alpha value is -3.13. The summed E-state index contributed by atoms with van der Waals surface area (Å²) in [5.41, 5.74) is 1.89. The maximum atomic E-state index is 13.2. The minimum absolute atomic E-state index is 0.196. The zero-order chi connectivity index (χ0) is 17.2. The Morgan fingerprint density at radius 1 is 1.20 bits per heavy atom. The molecule has 0 spiro atoms. The van der Waals surface area contributed by atoms with Gasteiger partial charge in [-0.3, -0.25) is 10.1 Å². The second-order valence-corrected chi connectivity index (χ2v) is 6.40. The minimum atomic E-state index is -0.404. The van der Waals surface area contributed by atoms with Gasteiger partial charge in [0.25, 0.3) is 5.91 Å². The Balaban J connectivity index is 1.49. The number of carbonyl (C=O) groups excluding carboxylic acids is 1. The molecule has 0 bridgehead atoms. The Kier molecular flexibility index (Phi) is 3.95. The van der Waals surface area contributed by atoms with Crippen molar-refractivity contribution in [2.45, 2.75) is 6.54 Å². The van der Waals surface area contributed by atoms with E-state index in [-0.39, 0.29) is 11.5 Å². The molecular formula is C17H12FN5OS. The number of nitrogens with zero attached hydrogens (tertiary/aromatic N) is 4. The molecule has 1 N–H and O–H groups in total.